The van der Waals surface area contributed by atoms with Gasteiger partial charge in [-0.1, -0.05) is 11.2 Å². The maximum atomic E-state index is 10.2. The highest BCUT2D eigenvalue weighted by molar-refractivity contribution is 5.82. The van der Waals surface area contributed by atoms with E-state index in [9.17, 15) is 5.11 Å². The van der Waals surface area contributed by atoms with Crippen molar-refractivity contribution in [3.8, 4) is 34.1 Å². The van der Waals surface area contributed by atoms with E-state index in [-0.39, 0.29) is 5.75 Å². The molecule has 1 aromatic carbocycles. The highest BCUT2D eigenvalue weighted by Gasteiger charge is 2.20. The smallest absolute Gasteiger partial charge is 0.180 e. The van der Waals surface area contributed by atoms with Gasteiger partial charge in [-0.2, -0.15) is 0 Å². The third-order valence-electron chi connectivity index (χ3n) is 3.23. The fourth-order valence-electron chi connectivity index (χ4n) is 2.20. The Kier molecular flexibility index (Phi) is 3.31. The van der Waals surface area contributed by atoms with Gasteiger partial charge in [-0.3, -0.25) is 4.98 Å². The molecule has 1 N–H and O–H groups in total. The van der Waals surface area contributed by atoms with E-state index in [0.29, 0.717) is 17.1 Å². The van der Waals surface area contributed by atoms with Crippen LogP contribution in [0.1, 0.15) is 5.69 Å². The monoisotopic (exact) mass is 282 g/mol. The summed E-state index contributed by atoms with van der Waals surface area (Å²) in [6, 6.07) is 10.7. The Hall–Kier alpha value is -2.82. The Morgan fingerprint density at radius 3 is 2.71 bits per heavy atom. The van der Waals surface area contributed by atoms with E-state index < -0.39 is 0 Å². The first kappa shape index (κ1) is 13.2. The SMILES string of the molecule is COc1ccc(-c2onc(C)c2-c2ccccn2)c(O)c1. The van der Waals surface area contributed by atoms with Gasteiger partial charge >= 0.3 is 0 Å². The van der Waals surface area contributed by atoms with Crippen molar-refractivity contribution in [2.75, 3.05) is 7.11 Å². The predicted molar refractivity (Wildman–Crippen MR) is 78.1 cm³/mol. The molecule has 0 amide bonds. The lowest BCUT2D eigenvalue weighted by molar-refractivity contribution is 0.405. The molecule has 0 saturated carbocycles. The number of hydrogen-bond acceptors (Lipinski definition) is 5. The van der Waals surface area contributed by atoms with Gasteiger partial charge in [-0.15, -0.1) is 0 Å². The van der Waals surface area contributed by atoms with E-state index in [1.807, 2.05) is 25.1 Å². The lowest BCUT2D eigenvalue weighted by Gasteiger charge is -2.06. The summed E-state index contributed by atoms with van der Waals surface area (Å²) in [5.74, 6) is 1.14. The summed E-state index contributed by atoms with van der Waals surface area (Å²) < 4.78 is 10.5. The maximum absolute atomic E-state index is 10.2. The quantitative estimate of drug-likeness (QED) is 0.797. The van der Waals surface area contributed by atoms with Gasteiger partial charge < -0.3 is 14.4 Å². The van der Waals surface area contributed by atoms with Gasteiger partial charge in [0.25, 0.3) is 0 Å². The fraction of sp³-hybridized carbons (Fsp3) is 0.125. The predicted octanol–water partition coefficient (Wildman–Crippen LogP) is 3.43. The van der Waals surface area contributed by atoms with Crippen LogP contribution in [0.15, 0.2) is 47.1 Å². The van der Waals surface area contributed by atoms with E-state index in [0.717, 1.165) is 17.0 Å². The molecular weight excluding hydrogens is 268 g/mol. The van der Waals surface area contributed by atoms with E-state index >= 15 is 0 Å². The molecule has 106 valence electrons. The number of methoxy groups -OCH3 is 1. The number of phenolic OH excluding ortho intramolecular Hbond substituents is 1. The van der Waals surface area contributed by atoms with Crippen LogP contribution in [-0.2, 0) is 0 Å². The summed E-state index contributed by atoms with van der Waals surface area (Å²) >= 11 is 0. The Bertz CT molecular complexity index is 766. The summed E-state index contributed by atoms with van der Waals surface area (Å²) in [6.45, 7) is 1.84. The minimum absolute atomic E-state index is 0.0719. The number of aromatic nitrogens is 2. The average molecular weight is 282 g/mol. The third kappa shape index (κ3) is 2.33. The largest absolute Gasteiger partial charge is 0.507 e. The van der Waals surface area contributed by atoms with Gasteiger partial charge in [-0.05, 0) is 31.2 Å². The van der Waals surface area contributed by atoms with Crippen LogP contribution in [0.5, 0.6) is 11.5 Å². The summed E-state index contributed by atoms with van der Waals surface area (Å²) in [4.78, 5) is 4.33. The molecule has 5 heteroatoms. The zero-order valence-corrected chi connectivity index (χ0v) is 11.7. The Balaban J connectivity index is 2.17. The number of rotatable bonds is 3. The van der Waals surface area contributed by atoms with Gasteiger partial charge in [0.05, 0.1) is 29.6 Å². The second-order valence-corrected chi connectivity index (χ2v) is 4.57. The zero-order chi connectivity index (χ0) is 14.8. The molecule has 0 fully saturated rings. The first-order valence-electron chi connectivity index (χ1n) is 6.45. The third-order valence-corrected chi connectivity index (χ3v) is 3.23. The van der Waals surface area contributed by atoms with Crippen molar-refractivity contribution in [3.63, 3.8) is 0 Å². The molecule has 0 unspecified atom stereocenters. The highest BCUT2D eigenvalue weighted by atomic mass is 16.5. The molecule has 0 radical (unpaired) electrons. The van der Waals surface area contributed by atoms with Crippen LogP contribution in [0, 0.1) is 6.92 Å². The normalized spacial score (nSPS) is 10.6. The van der Waals surface area contributed by atoms with Crippen LogP contribution < -0.4 is 4.74 Å². The minimum Gasteiger partial charge on any atom is -0.507 e. The van der Waals surface area contributed by atoms with Crippen LogP contribution >= 0.6 is 0 Å². The molecule has 21 heavy (non-hydrogen) atoms. The van der Waals surface area contributed by atoms with E-state index in [4.69, 9.17) is 9.26 Å². The lowest BCUT2D eigenvalue weighted by atomic mass is 10.0. The fourth-order valence-corrected chi connectivity index (χ4v) is 2.20. The van der Waals surface area contributed by atoms with Gasteiger partial charge in [0.2, 0.25) is 0 Å². The van der Waals surface area contributed by atoms with Crippen molar-refractivity contribution in [3.05, 3.63) is 48.3 Å². The molecule has 2 heterocycles. The van der Waals surface area contributed by atoms with E-state index in [1.54, 1.807) is 25.4 Å². The Morgan fingerprint density at radius 1 is 1.19 bits per heavy atom. The molecular formula is C16H14N2O3. The lowest BCUT2D eigenvalue weighted by Crippen LogP contribution is -1.88. The number of pyridine rings is 1. The van der Waals surface area contributed by atoms with Crippen molar-refractivity contribution in [2.24, 2.45) is 0 Å². The highest BCUT2D eigenvalue weighted by Crippen LogP contribution is 2.39. The van der Waals surface area contributed by atoms with Crippen molar-refractivity contribution in [1.29, 1.82) is 0 Å². The summed E-state index contributed by atoms with van der Waals surface area (Å²) in [7, 11) is 1.55. The molecule has 0 saturated heterocycles. The molecule has 0 bridgehead atoms. The molecule has 2 aromatic heterocycles. The van der Waals surface area contributed by atoms with Crippen LogP contribution in [0.3, 0.4) is 0 Å². The van der Waals surface area contributed by atoms with Crippen molar-refractivity contribution < 1.29 is 14.4 Å². The molecule has 0 spiro atoms. The van der Waals surface area contributed by atoms with Crippen LogP contribution in [0.25, 0.3) is 22.6 Å². The molecule has 0 aliphatic carbocycles. The van der Waals surface area contributed by atoms with Gasteiger partial charge in [0, 0.05) is 12.3 Å². The second kappa shape index (κ2) is 5.28. The summed E-state index contributed by atoms with van der Waals surface area (Å²) in [6.07, 6.45) is 1.71. The van der Waals surface area contributed by atoms with Gasteiger partial charge in [0.1, 0.15) is 11.5 Å². The second-order valence-electron chi connectivity index (χ2n) is 4.57. The van der Waals surface area contributed by atoms with Crippen LogP contribution in [-0.4, -0.2) is 22.4 Å². The average Bonchev–Trinajstić information content (AvgIpc) is 2.89. The number of phenols is 1. The van der Waals surface area contributed by atoms with E-state index in [1.165, 1.54) is 6.07 Å². The molecule has 0 atom stereocenters. The minimum atomic E-state index is 0.0719. The molecule has 0 aliphatic rings. The molecule has 0 aliphatic heterocycles. The van der Waals surface area contributed by atoms with Crippen molar-refractivity contribution >= 4 is 0 Å². The van der Waals surface area contributed by atoms with Crippen molar-refractivity contribution in [1.82, 2.24) is 10.1 Å². The standard InChI is InChI=1S/C16H14N2O3/c1-10-15(13-5-3-4-8-17-13)16(21-18-10)12-7-6-11(20-2)9-14(12)19/h3-9,19H,1-2H3. The molecule has 3 aromatic rings. The summed E-state index contributed by atoms with van der Waals surface area (Å²) in [5.41, 5.74) is 2.80. The van der Waals surface area contributed by atoms with Crippen molar-refractivity contribution in [2.45, 2.75) is 6.92 Å². The number of ether oxygens (including phenoxy) is 1. The zero-order valence-electron chi connectivity index (χ0n) is 11.7. The molecule has 5 nitrogen and oxygen atoms in total. The van der Waals surface area contributed by atoms with E-state index in [2.05, 4.69) is 10.1 Å². The van der Waals surface area contributed by atoms with Crippen LogP contribution in [0.4, 0.5) is 0 Å². The molecule has 3 rings (SSSR count). The first-order chi connectivity index (χ1) is 10.2. The Morgan fingerprint density at radius 2 is 2.05 bits per heavy atom. The topological polar surface area (TPSA) is 68.4 Å². The number of benzene rings is 1. The van der Waals surface area contributed by atoms with Crippen LogP contribution in [0.2, 0.25) is 0 Å². The first-order valence-corrected chi connectivity index (χ1v) is 6.45. The van der Waals surface area contributed by atoms with Gasteiger partial charge in [-0.25, -0.2) is 0 Å². The maximum Gasteiger partial charge on any atom is 0.180 e. The Labute approximate surface area is 121 Å². The number of aryl methyl sites for hydroxylation is 1. The number of nitrogens with zero attached hydrogens (tertiary/aromatic N) is 2. The number of aromatic hydroxyl groups is 1. The van der Waals surface area contributed by atoms with Gasteiger partial charge in [0.15, 0.2) is 5.76 Å². The number of hydrogen-bond donors (Lipinski definition) is 1. The summed E-state index contributed by atoms with van der Waals surface area (Å²) in [5, 5.41) is 14.2.